The second-order valence-corrected chi connectivity index (χ2v) is 7.39. The molecule has 0 saturated carbocycles. The van der Waals surface area contributed by atoms with Crippen LogP contribution in [0.1, 0.15) is 30.6 Å². The van der Waals surface area contributed by atoms with Crippen LogP contribution in [0.25, 0.3) is 0 Å². The molecule has 0 saturated heterocycles. The molecule has 7 heteroatoms. The lowest BCUT2D eigenvalue weighted by Gasteiger charge is -2.12. The highest BCUT2D eigenvalue weighted by Crippen LogP contribution is 2.24. The number of phenols is 1. The summed E-state index contributed by atoms with van der Waals surface area (Å²) in [5, 5.41) is 9.25. The standard InChI is InChI=1S/C18H20O6S/c1-13(2)11-12-23-18(20)16-5-3-4-6-17(16)24-25(21,22)15-9-7-14(19)8-10-15/h3-10,13,19H,11-12H2,1-2H3. The number of carbonyl (C=O) groups excluding carboxylic acids is 1. The molecular formula is C18H20O6S. The summed E-state index contributed by atoms with van der Waals surface area (Å²) in [5.41, 5.74) is 0.0357. The molecule has 0 aliphatic rings. The fraction of sp³-hybridized carbons (Fsp3) is 0.278. The van der Waals surface area contributed by atoms with Gasteiger partial charge in [0, 0.05) is 0 Å². The number of rotatable bonds is 7. The molecule has 0 aromatic heterocycles. The largest absolute Gasteiger partial charge is 0.508 e. The maximum atomic E-state index is 12.3. The Hall–Kier alpha value is -2.54. The first-order valence-electron chi connectivity index (χ1n) is 7.79. The van der Waals surface area contributed by atoms with E-state index in [0.29, 0.717) is 12.3 Å². The first-order chi connectivity index (χ1) is 11.8. The van der Waals surface area contributed by atoms with Crippen LogP contribution in [0.2, 0.25) is 0 Å². The van der Waals surface area contributed by atoms with Gasteiger partial charge in [0.2, 0.25) is 0 Å². The van der Waals surface area contributed by atoms with Crippen LogP contribution in [0.4, 0.5) is 0 Å². The molecule has 0 heterocycles. The zero-order valence-electron chi connectivity index (χ0n) is 14.0. The van der Waals surface area contributed by atoms with Crippen LogP contribution in [-0.2, 0) is 14.9 Å². The van der Waals surface area contributed by atoms with Crippen LogP contribution in [0.3, 0.4) is 0 Å². The van der Waals surface area contributed by atoms with E-state index < -0.39 is 16.1 Å². The van der Waals surface area contributed by atoms with Gasteiger partial charge >= 0.3 is 16.1 Å². The molecule has 1 N–H and O–H groups in total. The highest BCUT2D eigenvalue weighted by Gasteiger charge is 2.21. The third-order valence-electron chi connectivity index (χ3n) is 3.36. The summed E-state index contributed by atoms with van der Waals surface area (Å²) in [4.78, 5) is 12.1. The number of carbonyl (C=O) groups is 1. The van der Waals surface area contributed by atoms with E-state index >= 15 is 0 Å². The SMILES string of the molecule is CC(C)CCOC(=O)c1ccccc1OS(=O)(=O)c1ccc(O)cc1. The van der Waals surface area contributed by atoms with Crippen LogP contribution >= 0.6 is 0 Å². The number of hydrogen-bond donors (Lipinski definition) is 1. The lowest BCUT2D eigenvalue weighted by molar-refractivity contribution is 0.0486. The molecule has 0 aliphatic carbocycles. The first kappa shape index (κ1) is 18.8. The molecule has 0 amide bonds. The molecule has 134 valence electrons. The molecule has 0 fully saturated rings. The normalized spacial score (nSPS) is 11.3. The van der Waals surface area contributed by atoms with Crippen molar-refractivity contribution in [3.8, 4) is 11.5 Å². The van der Waals surface area contributed by atoms with Crippen LogP contribution in [-0.4, -0.2) is 26.1 Å². The average molecular weight is 364 g/mol. The second kappa shape index (κ2) is 8.02. The molecule has 25 heavy (non-hydrogen) atoms. The molecule has 2 aromatic rings. The van der Waals surface area contributed by atoms with E-state index in [1.807, 2.05) is 13.8 Å². The Balaban J connectivity index is 2.20. The summed E-state index contributed by atoms with van der Waals surface area (Å²) in [6.07, 6.45) is 0.709. The molecular weight excluding hydrogens is 344 g/mol. The van der Waals surface area contributed by atoms with Crippen molar-refractivity contribution < 1.29 is 27.2 Å². The Labute approximate surface area is 147 Å². The van der Waals surface area contributed by atoms with Crippen molar-refractivity contribution in [1.29, 1.82) is 0 Å². The zero-order valence-corrected chi connectivity index (χ0v) is 14.8. The second-order valence-electron chi connectivity index (χ2n) is 5.85. The summed E-state index contributed by atoms with van der Waals surface area (Å²) in [6, 6.07) is 10.9. The molecule has 0 atom stereocenters. The fourth-order valence-corrected chi connectivity index (χ4v) is 2.90. The minimum Gasteiger partial charge on any atom is -0.508 e. The van der Waals surface area contributed by atoms with Gasteiger partial charge in [0.15, 0.2) is 5.75 Å². The zero-order chi connectivity index (χ0) is 18.4. The van der Waals surface area contributed by atoms with Crippen molar-refractivity contribution in [2.24, 2.45) is 5.92 Å². The molecule has 0 bridgehead atoms. The molecule has 2 rings (SSSR count). The van der Waals surface area contributed by atoms with E-state index in [-0.39, 0.29) is 28.6 Å². The lowest BCUT2D eigenvalue weighted by Crippen LogP contribution is -2.14. The third-order valence-corrected chi connectivity index (χ3v) is 4.61. The van der Waals surface area contributed by atoms with E-state index in [1.165, 1.54) is 36.4 Å². The van der Waals surface area contributed by atoms with Gasteiger partial charge in [0.25, 0.3) is 0 Å². The Bertz CT molecular complexity index is 825. The van der Waals surface area contributed by atoms with E-state index in [2.05, 4.69) is 0 Å². The Morgan fingerprint density at radius 1 is 1.08 bits per heavy atom. The summed E-state index contributed by atoms with van der Waals surface area (Å²) in [5.74, 6) is -0.426. The van der Waals surface area contributed by atoms with Gasteiger partial charge in [-0.2, -0.15) is 8.42 Å². The monoisotopic (exact) mass is 364 g/mol. The maximum absolute atomic E-state index is 12.3. The third kappa shape index (κ3) is 5.22. The van der Waals surface area contributed by atoms with Gasteiger partial charge in [-0.3, -0.25) is 0 Å². The molecule has 0 radical (unpaired) electrons. The number of aromatic hydroxyl groups is 1. The van der Waals surface area contributed by atoms with Crippen LogP contribution in [0, 0.1) is 5.92 Å². The van der Waals surface area contributed by atoms with E-state index in [9.17, 15) is 18.3 Å². The number of phenolic OH excluding ortho intramolecular Hbond substituents is 1. The summed E-state index contributed by atoms with van der Waals surface area (Å²) < 4.78 is 34.9. The molecule has 6 nitrogen and oxygen atoms in total. The number of benzene rings is 2. The van der Waals surface area contributed by atoms with Gasteiger partial charge < -0.3 is 14.0 Å². The smallest absolute Gasteiger partial charge is 0.341 e. The van der Waals surface area contributed by atoms with Gasteiger partial charge in [0.05, 0.1) is 6.61 Å². The van der Waals surface area contributed by atoms with Gasteiger partial charge in [-0.15, -0.1) is 0 Å². The Morgan fingerprint density at radius 3 is 2.36 bits per heavy atom. The highest BCUT2D eigenvalue weighted by molar-refractivity contribution is 7.87. The molecule has 0 spiro atoms. The minimum absolute atomic E-state index is 0.0357. The van der Waals surface area contributed by atoms with Gasteiger partial charge in [0.1, 0.15) is 16.2 Å². The fourth-order valence-electron chi connectivity index (χ4n) is 1.95. The topological polar surface area (TPSA) is 89.9 Å². The maximum Gasteiger partial charge on any atom is 0.341 e. The van der Waals surface area contributed by atoms with Crippen molar-refractivity contribution in [2.75, 3.05) is 6.61 Å². The summed E-state index contributed by atoms with van der Waals surface area (Å²) in [6.45, 7) is 4.26. The number of ether oxygens (including phenoxy) is 1. The minimum atomic E-state index is -4.14. The predicted molar refractivity (Wildman–Crippen MR) is 92.1 cm³/mol. The van der Waals surface area contributed by atoms with Crippen molar-refractivity contribution in [1.82, 2.24) is 0 Å². The summed E-state index contributed by atoms with van der Waals surface area (Å²) >= 11 is 0. The van der Waals surface area contributed by atoms with Crippen molar-refractivity contribution >= 4 is 16.1 Å². The van der Waals surface area contributed by atoms with E-state index in [4.69, 9.17) is 8.92 Å². The molecule has 0 aliphatic heterocycles. The lowest BCUT2D eigenvalue weighted by atomic mass is 10.1. The highest BCUT2D eigenvalue weighted by atomic mass is 32.2. The van der Waals surface area contributed by atoms with Crippen molar-refractivity contribution in [3.63, 3.8) is 0 Å². The predicted octanol–water partition coefficient (Wildman–Crippen LogP) is 3.36. The Kier molecular flexibility index (Phi) is 6.03. The van der Waals surface area contributed by atoms with E-state index in [1.54, 1.807) is 12.1 Å². The van der Waals surface area contributed by atoms with Crippen LogP contribution in [0.15, 0.2) is 53.4 Å². The van der Waals surface area contributed by atoms with Gasteiger partial charge in [-0.05, 0) is 48.7 Å². The first-order valence-corrected chi connectivity index (χ1v) is 9.20. The number of para-hydroxylation sites is 1. The van der Waals surface area contributed by atoms with Crippen LogP contribution < -0.4 is 4.18 Å². The molecule has 2 aromatic carbocycles. The molecule has 0 unspecified atom stereocenters. The number of hydrogen-bond acceptors (Lipinski definition) is 6. The quantitative estimate of drug-likeness (QED) is 0.598. The van der Waals surface area contributed by atoms with Gasteiger partial charge in [-0.1, -0.05) is 26.0 Å². The van der Waals surface area contributed by atoms with Gasteiger partial charge in [-0.25, -0.2) is 4.79 Å². The van der Waals surface area contributed by atoms with Crippen LogP contribution in [0.5, 0.6) is 11.5 Å². The summed E-state index contributed by atoms with van der Waals surface area (Å²) in [7, 11) is -4.14. The van der Waals surface area contributed by atoms with E-state index in [0.717, 1.165) is 0 Å². The number of esters is 1. The van der Waals surface area contributed by atoms with Crippen molar-refractivity contribution in [3.05, 3.63) is 54.1 Å². The Morgan fingerprint density at radius 2 is 1.72 bits per heavy atom. The average Bonchev–Trinajstić information content (AvgIpc) is 2.55. The van der Waals surface area contributed by atoms with Crippen molar-refractivity contribution in [2.45, 2.75) is 25.2 Å².